The van der Waals surface area contributed by atoms with Crippen LogP contribution in [0.1, 0.15) is 45.4 Å². The number of rotatable bonds is 6. The number of amides is 2. The summed E-state index contributed by atoms with van der Waals surface area (Å²) in [5, 5.41) is 15.1. The van der Waals surface area contributed by atoms with Crippen molar-refractivity contribution >= 4 is 12.0 Å². The van der Waals surface area contributed by atoms with E-state index in [1.54, 1.807) is 0 Å². The molecule has 0 spiro atoms. The van der Waals surface area contributed by atoms with E-state index in [2.05, 4.69) is 10.6 Å². The van der Waals surface area contributed by atoms with Gasteiger partial charge >= 0.3 is 12.0 Å². The third kappa shape index (κ3) is 4.00. The number of fused-ring (bicyclic) bond motifs is 1. The minimum absolute atomic E-state index is 0.0746. The van der Waals surface area contributed by atoms with E-state index in [1.165, 1.54) is 0 Å². The van der Waals surface area contributed by atoms with Crippen LogP contribution >= 0.6 is 0 Å². The summed E-state index contributed by atoms with van der Waals surface area (Å²) in [6, 6.07) is 0.550. The highest BCUT2D eigenvalue weighted by Crippen LogP contribution is 2.34. The van der Waals surface area contributed by atoms with Gasteiger partial charge in [0.15, 0.2) is 0 Å². The van der Waals surface area contributed by atoms with Crippen molar-refractivity contribution in [2.24, 2.45) is 5.92 Å². The summed E-state index contributed by atoms with van der Waals surface area (Å²) in [5.41, 5.74) is 0. The Balaban J connectivity index is 1.40. The normalized spacial score (nSPS) is 35.2. The monoisotopic (exact) mass is 339 g/mol. The Morgan fingerprint density at radius 2 is 2.00 bits per heavy atom. The summed E-state index contributed by atoms with van der Waals surface area (Å²) in [5.74, 6) is -0.332. The molecule has 0 aromatic heterocycles. The number of nitrogens with one attached hydrogen (secondary N) is 2. The lowest BCUT2D eigenvalue weighted by Gasteiger charge is -2.42. The van der Waals surface area contributed by atoms with Crippen molar-refractivity contribution in [1.29, 1.82) is 0 Å². The van der Waals surface area contributed by atoms with E-state index in [9.17, 15) is 9.59 Å². The first kappa shape index (κ1) is 17.5. The van der Waals surface area contributed by atoms with E-state index in [-0.39, 0.29) is 30.7 Å². The largest absolute Gasteiger partial charge is 0.480 e. The lowest BCUT2D eigenvalue weighted by molar-refractivity contribution is -0.139. The molecule has 3 unspecified atom stereocenters. The first-order valence-corrected chi connectivity index (χ1v) is 9.21. The van der Waals surface area contributed by atoms with Gasteiger partial charge in [-0.3, -0.25) is 9.69 Å². The maximum Gasteiger partial charge on any atom is 0.317 e. The van der Waals surface area contributed by atoms with Crippen molar-refractivity contribution in [1.82, 2.24) is 15.5 Å². The van der Waals surface area contributed by atoms with E-state index in [0.29, 0.717) is 12.0 Å². The molecule has 1 heterocycles. The molecule has 3 fully saturated rings. The van der Waals surface area contributed by atoms with Gasteiger partial charge in [-0.15, -0.1) is 0 Å². The second-order valence-electron chi connectivity index (χ2n) is 7.30. The van der Waals surface area contributed by atoms with Crippen LogP contribution in [-0.2, 0) is 9.53 Å². The number of likely N-dealkylation sites (N-methyl/N-ethyl adjacent to an activating group) is 1. The Kier molecular flexibility index (Phi) is 5.61. The molecule has 24 heavy (non-hydrogen) atoms. The van der Waals surface area contributed by atoms with Gasteiger partial charge < -0.3 is 20.5 Å². The number of hydrogen-bond acceptors (Lipinski definition) is 4. The molecule has 2 aliphatic carbocycles. The molecule has 3 N–H and O–H groups in total. The molecule has 0 bridgehead atoms. The summed E-state index contributed by atoms with van der Waals surface area (Å²) < 4.78 is 5.74. The van der Waals surface area contributed by atoms with Crippen molar-refractivity contribution in [3.8, 4) is 0 Å². The van der Waals surface area contributed by atoms with E-state index in [1.807, 2.05) is 11.8 Å². The number of carbonyl (C=O) groups excluding carboxylic acids is 1. The SMILES string of the molecule is CCN(CC(=O)O)C1CC(NC(=O)NC2CCCC3OCCC23)C1. The topological polar surface area (TPSA) is 90.9 Å². The van der Waals surface area contributed by atoms with E-state index in [0.717, 1.165) is 51.7 Å². The lowest BCUT2D eigenvalue weighted by atomic mass is 9.82. The third-order valence-electron chi connectivity index (χ3n) is 5.81. The summed E-state index contributed by atoms with van der Waals surface area (Å²) in [7, 11) is 0. The fourth-order valence-corrected chi connectivity index (χ4v) is 4.43. The molecule has 0 aromatic rings. The van der Waals surface area contributed by atoms with Crippen LogP contribution in [0.25, 0.3) is 0 Å². The van der Waals surface area contributed by atoms with Crippen molar-refractivity contribution in [3.05, 3.63) is 0 Å². The molecule has 136 valence electrons. The molecule has 2 saturated carbocycles. The van der Waals surface area contributed by atoms with Crippen LogP contribution in [0, 0.1) is 5.92 Å². The quantitative estimate of drug-likeness (QED) is 0.676. The lowest BCUT2D eigenvalue weighted by Crippen LogP contribution is -2.58. The van der Waals surface area contributed by atoms with Crippen molar-refractivity contribution in [2.45, 2.75) is 69.7 Å². The number of ether oxygens (including phenoxy) is 1. The van der Waals surface area contributed by atoms with Gasteiger partial charge in [-0.25, -0.2) is 4.79 Å². The Bertz CT molecular complexity index is 467. The van der Waals surface area contributed by atoms with Crippen LogP contribution in [0.2, 0.25) is 0 Å². The second-order valence-corrected chi connectivity index (χ2v) is 7.30. The van der Waals surface area contributed by atoms with Crippen LogP contribution in [0.5, 0.6) is 0 Å². The number of urea groups is 1. The zero-order chi connectivity index (χ0) is 17.1. The number of nitrogens with zero attached hydrogens (tertiary/aromatic N) is 1. The number of carboxylic acid groups (broad SMARTS) is 1. The van der Waals surface area contributed by atoms with Gasteiger partial charge in [0.05, 0.1) is 12.6 Å². The first-order valence-electron chi connectivity index (χ1n) is 9.21. The van der Waals surface area contributed by atoms with E-state index in [4.69, 9.17) is 9.84 Å². The number of carbonyl (C=O) groups is 2. The molecule has 0 radical (unpaired) electrons. The van der Waals surface area contributed by atoms with Gasteiger partial charge in [0.1, 0.15) is 0 Å². The molecule has 1 saturated heterocycles. The zero-order valence-electron chi connectivity index (χ0n) is 14.4. The molecule has 1 aliphatic heterocycles. The number of hydrogen-bond donors (Lipinski definition) is 3. The highest BCUT2D eigenvalue weighted by atomic mass is 16.5. The fourth-order valence-electron chi connectivity index (χ4n) is 4.43. The smallest absolute Gasteiger partial charge is 0.317 e. The summed E-state index contributed by atoms with van der Waals surface area (Å²) in [4.78, 5) is 25.1. The Morgan fingerprint density at radius 1 is 1.21 bits per heavy atom. The summed E-state index contributed by atoms with van der Waals surface area (Å²) >= 11 is 0. The van der Waals surface area contributed by atoms with Crippen LogP contribution in [0.4, 0.5) is 4.79 Å². The molecule has 3 aliphatic rings. The number of carboxylic acids is 1. The molecular weight excluding hydrogens is 310 g/mol. The summed E-state index contributed by atoms with van der Waals surface area (Å²) in [6.07, 6.45) is 6.29. The standard InChI is InChI=1S/C17H29N3O4/c1-2-20(10-16(21)22)12-8-11(9-12)18-17(23)19-14-4-3-5-15-13(14)6-7-24-15/h11-15H,2-10H2,1H3,(H,21,22)(H2,18,19,23). The maximum absolute atomic E-state index is 12.3. The van der Waals surface area contributed by atoms with Crippen molar-refractivity contribution < 1.29 is 19.4 Å². The molecule has 0 aromatic carbocycles. The van der Waals surface area contributed by atoms with Gasteiger partial charge in [-0.05, 0) is 45.1 Å². The Labute approximate surface area is 143 Å². The minimum Gasteiger partial charge on any atom is -0.480 e. The average molecular weight is 339 g/mol. The molecule has 2 amide bonds. The third-order valence-corrected chi connectivity index (χ3v) is 5.81. The van der Waals surface area contributed by atoms with Gasteiger partial charge in [-0.2, -0.15) is 0 Å². The minimum atomic E-state index is -0.795. The molecule has 7 heteroatoms. The predicted molar refractivity (Wildman–Crippen MR) is 88.8 cm³/mol. The highest BCUT2D eigenvalue weighted by Gasteiger charge is 2.39. The number of aliphatic carboxylic acids is 1. The maximum atomic E-state index is 12.3. The van der Waals surface area contributed by atoms with Crippen LogP contribution < -0.4 is 10.6 Å². The summed E-state index contributed by atoms with van der Waals surface area (Å²) in [6.45, 7) is 3.59. The van der Waals surface area contributed by atoms with E-state index < -0.39 is 5.97 Å². The van der Waals surface area contributed by atoms with Crippen molar-refractivity contribution in [3.63, 3.8) is 0 Å². The predicted octanol–water partition coefficient (Wildman–Crippen LogP) is 1.18. The van der Waals surface area contributed by atoms with Gasteiger partial charge in [0.2, 0.25) is 0 Å². The molecule has 3 rings (SSSR count). The zero-order valence-corrected chi connectivity index (χ0v) is 14.4. The van der Waals surface area contributed by atoms with Crippen LogP contribution in [0.3, 0.4) is 0 Å². The average Bonchev–Trinajstić information content (AvgIpc) is 2.98. The first-order chi connectivity index (χ1) is 11.6. The van der Waals surface area contributed by atoms with Gasteiger partial charge in [0.25, 0.3) is 0 Å². The highest BCUT2D eigenvalue weighted by molar-refractivity contribution is 5.74. The van der Waals surface area contributed by atoms with Crippen LogP contribution in [0.15, 0.2) is 0 Å². The van der Waals surface area contributed by atoms with Gasteiger partial charge in [-0.1, -0.05) is 6.92 Å². The fraction of sp³-hybridized carbons (Fsp3) is 0.882. The van der Waals surface area contributed by atoms with Crippen molar-refractivity contribution in [2.75, 3.05) is 19.7 Å². The molecule has 7 nitrogen and oxygen atoms in total. The Morgan fingerprint density at radius 3 is 2.71 bits per heavy atom. The molecule has 3 atom stereocenters. The Hall–Kier alpha value is -1.34. The van der Waals surface area contributed by atoms with Crippen LogP contribution in [-0.4, -0.2) is 65.9 Å². The van der Waals surface area contributed by atoms with E-state index >= 15 is 0 Å². The molecular formula is C17H29N3O4. The van der Waals surface area contributed by atoms with Gasteiger partial charge in [0, 0.05) is 30.7 Å². The second kappa shape index (κ2) is 7.70.